The number of hydrogen-bond donors (Lipinski definition) is 3. The van der Waals surface area contributed by atoms with Gasteiger partial charge in [-0.15, -0.1) is 0 Å². The van der Waals surface area contributed by atoms with Crippen molar-refractivity contribution in [3.8, 4) is 0 Å². The summed E-state index contributed by atoms with van der Waals surface area (Å²) in [4.78, 5) is 47.1. The number of piperazine rings is 1. The summed E-state index contributed by atoms with van der Waals surface area (Å²) in [6, 6.07) is 14.4. The van der Waals surface area contributed by atoms with Crippen LogP contribution in [0.3, 0.4) is 0 Å². The van der Waals surface area contributed by atoms with Crippen LogP contribution in [0.2, 0.25) is 0 Å². The normalized spacial score (nSPS) is 16.7. The number of nitrogens with zero attached hydrogens (tertiary/aromatic N) is 2. The van der Waals surface area contributed by atoms with Gasteiger partial charge in [-0.3, -0.25) is 9.59 Å². The van der Waals surface area contributed by atoms with Gasteiger partial charge in [0.15, 0.2) is 0 Å². The maximum absolute atomic E-state index is 13.3. The van der Waals surface area contributed by atoms with Crippen LogP contribution in [-0.2, 0) is 4.79 Å². The molecular formula is C23H20N4O4. The number of aromatic amines is 2. The van der Waals surface area contributed by atoms with E-state index in [1.165, 1.54) is 9.80 Å². The van der Waals surface area contributed by atoms with E-state index in [4.69, 9.17) is 0 Å². The van der Waals surface area contributed by atoms with Crippen LogP contribution in [0.25, 0.3) is 21.8 Å². The van der Waals surface area contributed by atoms with Gasteiger partial charge in [-0.2, -0.15) is 0 Å². The maximum atomic E-state index is 13.3. The Morgan fingerprint density at radius 3 is 2.26 bits per heavy atom. The molecule has 1 aliphatic heterocycles. The fraction of sp³-hybridized carbons (Fsp3) is 0.174. The van der Waals surface area contributed by atoms with Crippen LogP contribution in [0.4, 0.5) is 4.79 Å². The number of nitrogens with one attached hydrogen (secondary N) is 2. The van der Waals surface area contributed by atoms with Gasteiger partial charge in [-0.1, -0.05) is 36.4 Å². The lowest BCUT2D eigenvalue weighted by Gasteiger charge is -2.40. The van der Waals surface area contributed by atoms with Crippen molar-refractivity contribution in [3.05, 3.63) is 72.1 Å². The number of H-pyrrole nitrogens is 2. The summed E-state index contributed by atoms with van der Waals surface area (Å²) >= 11 is 0. The Bertz CT molecular complexity index is 1320. The van der Waals surface area contributed by atoms with E-state index in [1.807, 2.05) is 42.5 Å². The van der Waals surface area contributed by atoms with E-state index in [-0.39, 0.29) is 19.6 Å². The molecule has 5 rings (SSSR count). The SMILES string of the molecule is O=C(C(=O)N1CCN(C(=O)O)CC1c1c[nH]c2ccccc12)c1c[nH]c2ccccc12. The number of benzene rings is 2. The van der Waals surface area contributed by atoms with Crippen molar-refractivity contribution in [1.29, 1.82) is 0 Å². The highest BCUT2D eigenvalue weighted by Gasteiger charge is 2.37. The van der Waals surface area contributed by atoms with Gasteiger partial charge < -0.3 is 24.9 Å². The number of aromatic nitrogens is 2. The van der Waals surface area contributed by atoms with Crippen LogP contribution in [0.15, 0.2) is 60.9 Å². The zero-order valence-corrected chi connectivity index (χ0v) is 16.5. The molecule has 1 unspecified atom stereocenters. The quantitative estimate of drug-likeness (QED) is 0.351. The molecule has 0 radical (unpaired) electrons. The molecule has 1 fully saturated rings. The number of amides is 2. The topological polar surface area (TPSA) is 110 Å². The molecule has 0 aliphatic carbocycles. The fourth-order valence-electron chi connectivity index (χ4n) is 4.34. The highest BCUT2D eigenvalue weighted by Crippen LogP contribution is 2.32. The molecule has 1 aliphatic rings. The first-order valence-electron chi connectivity index (χ1n) is 10.00. The molecule has 2 aromatic carbocycles. The van der Waals surface area contributed by atoms with Gasteiger partial charge in [-0.05, 0) is 12.1 Å². The Hall–Kier alpha value is -4.07. The summed E-state index contributed by atoms with van der Waals surface area (Å²) in [6.07, 6.45) is 2.30. The molecule has 0 saturated carbocycles. The van der Waals surface area contributed by atoms with Crippen molar-refractivity contribution >= 4 is 39.6 Å². The molecule has 8 nitrogen and oxygen atoms in total. The highest BCUT2D eigenvalue weighted by molar-refractivity contribution is 6.45. The third-order valence-corrected chi connectivity index (χ3v) is 5.92. The van der Waals surface area contributed by atoms with Crippen molar-refractivity contribution in [2.45, 2.75) is 6.04 Å². The van der Waals surface area contributed by atoms with E-state index in [1.54, 1.807) is 18.5 Å². The number of carbonyl (C=O) groups is 3. The van der Waals surface area contributed by atoms with E-state index in [0.29, 0.717) is 10.9 Å². The minimum Gasteiger partial charge on any atom is -0.465 e. The summed E-state index contributed by atoms with van der Waals surface area (Å²) < 4.78 is 0. The first kappa shape index (κ1) is 18.9. The Morgan fingerprint density at radius 2 is 1.52 bits per heavy atom. The van der Waals surface area contributed by atoms with Crippen molar-refractivity contribution in [2.75, 3.05) is 19.6 Å². The van der Waals surface area contributed by atoms with E-state index >= 15 is 0 Å². The van der Waals surface area contributed by atoms with E-state index < -0.39 is 23.8 Å². The second kappa shape index (κ2) is 7.32. The van der Waals surface area contributed by atoms with Crippen LogP contribution in [0, 0.1) is 0 Å². The second-order valence-electron chi connectivity index (χ2n) is 7.61. The smallest absolute Gasteiger partial charge is 0.407 e. The largest absolute Gasteiger partial charge is 0.465 e. The molecule has 156 valence electrons. The maximum Gasteiger partial charge on any atom is 0.407 e. The van der Waals surface area contributed by atoms with E-state index in [9.17, 15) is 19.5 Å². The van der Waals surface area contributed by atoms with Gasteiger partial charge in [0.2, 0.25) is 0 Å². The Labute approximate surface area is 177 Å². The zero-order chi connectivity index (χ0) is 21.5. The molecule has 31 heavy (non-hydrogen) atoms. The lowest BCUT2D eigenvalue weighted by atomic mass is 10.00. The van der Waals surface area contributed by atoms with Gasteiger partial charge in [0.25, 0.3) is 11.7 Å². The molecule has 3 N–H and O–H groups in total. The van der Waals surface area contributed by atoms with Gasteiger partial charge in [0.1, 0.15) is 0 Å². The molecular weight excluding hydrogens is 396 g/mol. The van der Waals surface area contributed by atoms with Crippen molar-refractivity contribution < 1.29 is 19.5 Å². The number of ketones is 1. The average molecular weight is 416 g/mol. The zero-order valence-electron chi connectivity index (χ0n) is 16.5. The van der Waals surface area contributed by atoms with Crippen LogP contribution in [0.1, 0.15) is 22.0 Å². The molecule has 4 aromatic rings. The molecule has 8 heteroatoms. The summed E-state index contributed by atoms with van der Waals surface area (Å²) in [5.74, 6) is -1.24. The summed E-state index contributed by atoms with van der Waals surface area (Å²) in [5.41, 5.74) is 2.78. The van der Waals surface area contributed by atoms with Crippen LogP contribution in [0.5, 0.6) is 0 Å². The molecule has 2 aromatic heterocycles. The van der Waals surface area contributed by atoms with Gasteiger partial charge in [0, 0.05) is 59.4 Å². The summed E-state index contributed by atoms with van der Waals surface area (Å²) in [7, 11) is 0. The minimum atomic E-state index is -1.04. The first-order valence-corrected chi connectivity index (χ1v) is 10.00. The molecule has 1 atom stereocenters. The Balaban J connectivity index is 1.53. The number of para-hydroxylation sites is 2. The van der Waals surface area contributed by atoms with Gasteiger partial charge in [0.05, 0.1) is 11.6 Å². The van der Waals surface area contributed by atoms with E-state index in [2.05, 4.69) is 9.97 Å². The average Bonchev–Trinajstić information content (AvgIpc) is 3.42. The number of fused-ring (bicyclic) bond motifs is 2. The molecule has 1 saturated heterocycles. The van der Waals surface area contributed by atoms with Gasteiger partial charge >= 0.3 is 6.09 Å². The fourth-order valence-corrected chi connectivity index (χ4v) is 4.34. The lowest BCUT2D eigenvalue weighted by Crippen LogP contribution is -2.53. The molecule has 0 bridgehead atoms. The number of carbonyl (C=O) groups excluding carboxylic acids is 2. The second-order valence-corrected chi connectivity index (χ2v) is 7.61. The number of Topliss-reactive ketones (excluding diaryl/α,β-unsaturated/α-hetero) is 1. The third-order valence-electron chi connectivity index (χ3n) is 5.92. The lowest BCUT2D eigenvalue weighted by molar-refractivity contribution is -0.131. The van der Waals surface area contributed by atoms with Gasteiger partial charge in [-0.25, -0.2) is 4.79 Å². The summed E-state index contributed by atoms with van der Waals surface area (Å²) in [6.45, 7) is 0.397. The van der Waals surface area contributed by atoms with Crippen LogP contribution in [-0.4, -0.2) is 62.3 Å². The number of carboxylic acid groups (broad SMARTS) is 1. The third kappa shape index (κ3) is 3.13. The Kier molecular flexibility index (Phi) is 4.47. The molecule has 0 spiro atoms. The van der Waals surface area contributed by atoms with Crippen molar-refractivity contribution in [1.82, 2.24) is 19.8 Å². The molecule has 2 amide bonds. The van der Waals surface area contributed by atoms with Crippen molar-refractivity contribution in [3.63, 3.8) is 0 Å². The standard InChI is InChI=1S/C23H20N4O4/c28-21(17-12-25-19-8-4-2-6-15(17)19)22(29)27-10-9-26(23(30)31)13-20(27)16-11-24-18-7-3-1-5-14(16)18/h1-8,11-12,20,24-25H,9-10,13H2,(H,30,31). The van der Waals surface area contributed by atoms with Crippen LogP contribution >= 0.6 is 0 Å². The highest BCUT2D eigenvalue weighted by atomic mass is 16.4. The number of hydrogen-bond acceptors (Lipinski definition) is 3. The predicted octanol–water partition coefficient (Wildman–Crippen LogP) is 3.40. The molecule has 3 heterocycles. The minimum absolute atomic E-state index is 0.101. The predicted molar refractivity (Wildman–Crippen MR) is 115 cm³/mol. The van der Waals surface area contributed by atoms with Crippen molar-refractivity contribution in [2.24, 2.45) is 0 Å². The Morgan fingerprint density at radius 1 is 0.871 bits per heavy atom. The van der Waals surface area contributed by atoms with E-state index in [0.717, 1.165) is 22.0 Å². The number of rotatable bonds is 3. The van der Waals surface area contributed by atoms with Crippen LogP contribution < -0.4 is 0 Å². The first-order chi connectivity index (χ1) is 15.0. The summed E-state index contributed by atoms with van der Waals surface area (Å²) in [5, 5.41) is 11.1. The monoisotopic (exact) mass is 416 g/mol.